The Morgan fingerprint density at radius 3 is 2.69 bits per heavy atom. The summed E-state index contributed by atoms with van der Waals surface area (Å²) >= 11 is 1.64. The van der Waals surface area contributed by atoms with Crippen molar-refractivity contribution in [2.45, 2.75) is 31.3 Å². The predicted molar refractivity (Wildman–Crippen MR) is 130 cm³/mol. The largest absolute Gasteiger partial charge is 0.493 e. The number of rotatable bonds is 10. The van der Waals surface area contributed by atoms with E-state index in [-0.39, 0.29) is 17.9 Å². The Kier molecular flexibility index (Phi) is 7.45. The smallest absolute Gasteiger partial charge is 0.161 e. The number of carbonyl (C=O) groups is 1. The molecule has 1 aliphatic rings. The summed E-state index contributed by atoms with van der Waals surface area (Å²) in [6, 6.07) is 19.9. The molecule has 0 bridgehead atoms. The van der Waals surface area contributed by atoms with E-state index in [4.69, 9.17) is 9.47 Å². The van der Waals surface area contributed by atoms with Crippen LogP contribution in [0.5, 0.6) is 11.5 Å². The van der Waals surface area contributed by atoms with E-state index in [9.17, 15) is 4.79 Å². The third-order valence-electron chi connectivity index (χ3n) is 5.97. The van der Waals surface area contributed by atoms with Crippen LogP contribution in [0.1, 0.15) is 16.9 Å². The second kappa shape index (κ2) is 10.7. The molecule has 5 nitrogen and oxygen atoms in total. The van der Waals surface area contributed by atoms with E-state index in [2.05, 4.69) is 28.4 Å². The van der Waals surface area contributed by atoms with Crippen LogP contribution in [0, 0.1) is 0 Å². The van der Waals surface area contributed by atoms with Gasteiger partial charge in [0.25, 0.3) is 0 Å². The van der Waals surface area contributed by atoms with Crippen molar-refractivity contribution in [2.75, 3.05) is 32.6 Å². The summed E-state index contributed by atoms with van der Waals surface area (Å²) in [7, 11) is 3.66. The topological polar surface area (TPSA) is 50.8 Å². The van der Waals surface area contributed by atoms with Crippen LogP contribution in [0.3, 0.4) is 0 Å². The van der Waals surface area contributed by atoms with Gasteiger partial charge in [0.2, 0.25) is 0 Å². The van der Waals surface area contributed by atoms with Crippen molar-refractivity contribution < 1.29 is 14.3 Å². The first kappa shape index (κ1) is 22.4. The van der Waals surface area contributed by atoms with Gasteiger partial charge in [-0.1, -0.05) is 36.4 Å². The van der Waals surface area contributed by atoms with Gasteiger partial charge in [-0.05, 0) is 55.1 Å². The van der Waals surface area contributed by atoms with E-state index in [0.29, 0.717) is 25.3 Å². The van der Waals surface area contributed by atoms with Crippen molar-refractivity contribution in [3.8, 4) is 11.5 Å². The maximum Gasteiger partial charge on any atom is 0.161 e. The minimum atomic E-state index is -0.230. The molecule has 4 rings (SSSR count). The number of benzene rings is 2. The molecule has 3 aromatic rings. The monoisotopic (exact) mass is 450 g/mol. The lowest BCUT2D eigenvalue weighted by atomic mass is 9.90. The third-order valence-corrected chi connectivity index (χ3v) is 6.84. The van der Waals surface area contributed by atoms with Crippen molar-refractivity contribution in [1.29, 1.82) is 0 Å². The Hall–Kier alpha value is -2.83. The molecule has 2 aromatic carbocycles. The number of methoxy groups -OCH3 is 1. The first-order valence-corrected chi connectivity index (χ1v) is 11.9. The van der Waals surface area contributed by atoms with E-state index in [1.54, 1.807) is 18.4 Å². The zero-order valence-corrected chi connectivity index (χ0v) is 19.4. The van der Waals surface area contributed by atoms with E-state index in [1.807, 2.05) is 54.9 Å². The molecule has 0 aliphatic carbocycles. The van der Waals surface area contributed by atoms with Crippen LogP contribution in [0.4, 0.5) is 5.69 Å². The van der Waals surface area contributed by atoms with Crippen LogP contribution >= 0.6 is 11.3 Å². The van der Waals surface area contributed by atoms with Crippen LogP contribution in [-0.2, 0) is 17.6 Å². The van der Waals surface area contributed by atoms with Gasteiger partial charge in [-0.25, -0.2) is 0 Å². The maximum atomic E-state index is 13.5. The predicted octanol–water partition coefficient (Wildman–Crippen LogP) is 4.67. The van der Waals surface area contributed by atoms with Crippen molar-refractivity contribution in [3.05, 3.63) is 76.5 Å². The molecule has 0 saturated heterocycles. The van der Waals surface area contributed by atoms with Gasteiger partial charge in [0.1, 0.15) is 6.61 Å². The molecule has 2 atom stereocenters. The second-order valence-electron chi connectivity index (χ2n) is 8.09. The Bertz CT molecular complexity index is 1020. The number of hydrogen-bond donors (Lipinski definition) is 1. The van der Waals surface area contributed by atoms with Crippen molar-refractivity contribution in [3.63, 3.8) is 0 Å². The quantitative estimate of drug-likeness (QED) is 0.486. The zero-order chi connectivity index (χ0) is 22.3. The van der Waals surface area contributed by atoms with Crippen molar-refractivity contribution in [2.24, 2.45) is 0 Å². The summed E-state index contributed by atoms with van der Waals surface area (Å²) in [5.74, 6) is 1.67. The van der Waals surface area contributed by atoms with Gasteiger partial charge in [0.05, 0.1) is 13.2 Å². The summed E-state index contributed by atoms with van der Waals surface area (Å²) in [5.41, 5.74) is 2.45. The minimum Gasteiger partial charge on any atom is -0.493 e. The average molecular weight is 451 g/mol. The van der Waals surface area contributed by atoms with Crippen LogP contribution in [0.25, 0.3) is 0 Å². The van der Waals surface area contributed by atoms with Gasteiger partial charge in [0.15, 0.2) is 17.3 Å². The molecule has 1 aliphatic heterocycles. The number of thiophene rings is 1. The Balaban J connectivity index is 1.46. The minimum absolute atomic E-state index is 0.0635. The fraction of sp³-hybridized carbons (Fsp3) is 0.346. The highest BCUT2D eigenvalue weighted by Gasteiger charge is 2.34. The number of fused-ring (bicyclic) bond motifs is 1. The highest BCUT2D eigenvalue weighted by Crippen LogP contribution is 2.28. The molecular weight excluding hydrogens is 420 g/mol. The number of nitrogens with zero attached hydrogens (tertiary/aromatic N) is 1. The van der Waals surface area contributed by atoms with Gasteiger partial charge in [-0.3, -0.25) is 9.69 Å². The van der Waals surface area contributed by atoms with Crippen molar-refractivity contribution in [1.82, 2.24) is 4.90 Å². The van der Waals surface area contributed by atoms with Gasteiger partial charge in [0, 0.05) is 29.6 Å². The van der Waals surface area contributed by atoms with E-state index in [1.165, 1.54) is 5.56 Å². The van der Waals surface area contributed by atoms with Crippen LogP contribution in [0.2, 0.25) is 0 Å². The van der Waals surface area contributed by atoms with E-state index < -0.39 is 0 Å². The molecule has 0 fully saturated rings. The van der Waals surface area contributed by atoms with E-state index in [0.717, 1.165) is 29.2 Å². The standard InChI is InChI=1S/C26H30N2O3S/c1-28(15-16-31-25-12-6-5-11-24(25)30-2)26(23(29)18-20-9-7-17-32-20)22-14-13-19-8-3-4-10-21(19)27-22/h3-12,17,22,26-27H,13-16,18H2,1-2H3. The van der Waals surface area contributed by atoms with Crippen LogP contribution < -0.4 is 14.8 Å². The van der Waals surface area contributed by atoms with Gasteiger partial charge < -0.3 is 14.8 Å². The number of nitrogens with one attached hydrogen (secondary N) is 1. The second-order valence-corrected chi connectivity index (χ2v) is 9.13. The number of anilines is 1. The van der Waals surface area contributed by atoms with Gasteiger partial charge >= 0.3 is 0 Å². The number of carbonyl (C=O) groups excluding carboxylic acids is 1. The van der Waals surface area contributed by atoms with Crippen molar-refractivity contribution >= 4 is 22.8 Å². The summed E-state index contributed by atoms with van der Waals surface area (Å²) in [6.07, 6.45) is 2.36. The lowest BCUT2D eigenvalue weighted by Gasteiger charge is -2.37. The fourth-order valence-corrected chi connectivity index (χ4v) is 5.06. The Labute approximate surface area is 194 Å². The Morgan fingerprint density at radius 2 is 1.91 bits per heavy atom. The third kappa shape index (κ3) is 5.31. The lowest BCUT2D eigenvalue weighted by Crippen LogP contribution is -2.53. The average Bonchev–Trinajstić information content (AvgIpc) is 3.32. The first-order valence-electron chi connectivity index (χ1n) is 11.0. The summed E-state index contributed by atoms with van der Waals surface area (Å²) in [6.45, 7) is 1.11. The molecule has 0 amide bonds. The molecule has 2 unspecified atom stereocenters. The molecule has 168 valence electrons. The summed E-state index contributed by atoms with van der Waals surface area (Å²) in [5, 5.41) is 5.67. The molecule has 1 aromatic heterocycles. The van der Waals surface area contributed by atoms with Gasteiger partial charge in [-0.2, -0.15) is 0 Å². The normalized spacial score (nSPS) is 16.2. The Morgan fingerprint density at radius 1 is 1.12 bits per heavy atom. The van der Waals surface area contributed by atoms with Gasteiger partial charge in [-0.15, -0.1) is 11.3 Å². The molecule has 32 heavy (non-hydrogen) atoms. The van der Waals surface area contributed by atoms with Crippen LogP contribution in [0.15, 0.2) is 66.0 Å². The number of para-hydroxylation sites is 3. The number of likely N-dealkylation sites (N-methyl/N-ethyl adjacent to an activating group) is 1. The number of ether oxygens (including phenoxy) is 2. The molecule has 1 N–H and O–H groups in total. The van der Waals surface area contributed by atoms with E-state index >= 15 is 0 Å². The molecule has 2 heterocycles. The number of ketones is 1. The highest BCUT2D eigenvalue weighted by molar-refractivity contribution is 7.10. The molecule has 6 heteroatoms. The summed E-state index contributed by atoms with van der Waals surface area (Å²) in [4.78, 5) is 16.7. The van der Waals surface area contributed by atoms with Crippen LogP contribution in [-0.4, -0.2) is 50.1 Å². The molecule has 0 spiro atoms. The highest BCUT2D eigenvalue weighted by atomic mass is 32.1. The molecule has 0 saturated carbocycles. The maximum absolute atomic E-state index is 13.5. The summed E-state index contributed by atoms with van der Waals surface area (Å²) < 4.78 is 11.4. The SMILES string of the molecule is COc1ccccc1OCCN(C)C(C(=O)Cc1cccs1)C1CCc2ccccc2N1. The lowest BCUT2D eigenvalue weighted by molar-refractivity contribution is -0.123. The molecular formula is C26H30N2O3S. The fourth-order valence-electron chi connectivity index (χ4n) is 4.34. The zero-order valence-electron chi connectivity index (χ0n) is 18.6. The number of hydrogen-bond acceptors (Lipinski definition) is 6. The molecule has 0 radical (unpaired) electrons. The first-order chi connectivity index (χ1) is 15.7. The number of Topliss-reactive ketones (excluding diaryl/α,β-unsaturated/α-hetero) is 1. The number of aryl methyl sites for hydroxylation is 1.